The highest BCUT2D eigenvalue weighted by atomic mass is 35.5. The van der Waals surface area contributed by atoms with Crippen molar-refractivity contribution in [2.24, 2.45) is 23.5 Å². The molecule has 0 aromatic carbocycles. The van der Waals surface area contributed by atoms with E-state index < -0.39 is 52.6 Å². The van der Waals surface area contributed by atoms with Gasteiger partial charge in [0, 0.05) is 38.5 Å². The second-order valence-electron chi connectivity index (χ2n) is 15.2. The van der Waals surface area contributed by atoms with Gasteiger partial charge in [0.2, 0.25) is 23.5 Å². The summed E-state index contributed by atoms with van der Waals surface area (Å²) in [5.41, 5.74) is -0.787. The van der Waals surface area contributed by atoms with Crippen LogP contribution in [0.3, 0.4) is 0 Å². The number of amides is 4. The molecule has 2 aliphatic carbocycles. The van der Waals surface area contributed by atoms with E-state index in [4.69, 9.17) is 16.4 Å². The Kier molecular flexibility index (Phi) is 10.9. The van der Waals surface area contributed by atoms with E-state index in [0.717, 1.165) is 38.5 Å². The van der Waals surface area contributed by atoms with Crippen LogP contribution in [0.25, 0.3) is 0 Å². The Morgan fingerprint density at radius 1 is 1.08 bits per heavy atom. The zero-order valence-electron chi connectivity index (χ0n) is 28.8. The number of nitrogens with zero attached hydrogens (tertiary/aromatic N) is 4. The van der Waals surface area contributed by atoms with E-state index >= 15 is 0 Å². The predicted molar refractivity (Wildman–Crippen MR) is 179 cm³/mol. The van der Waals surface area contributed by atoms with E-state index in [1.54, 1.807) is 17.9 Å². The van der Waals surface area contributed by atoms with Gasteiger partial charge in [-0.1, -0.05) is 70.1 Å². The molecule has 13 nitrogen and oxygen atoms in total. The molecule has 4 aliphatic rings. The number of carbonyl (C=O) groups is 5. The maximum atomic E-state index is 14.5. The third kappa shape index (κ3) is 8.38. The van der Waals surface area contributed by atoms with Gasteiger partial charge in [0.15, 0.2) is 5.60 Å². The second kappa shape index (κ2) is 14.6. The lowest BCUT2D eigenvalue weighted by atomic mass is 9.84. The average Bonchev–Trinajstić information content (AvgIpc) is 3.47. The van der Waals surface area contributed by atoms with Crippen LogP contribution >= 0.6 is 11.6 Å². The zero-order chi connectivity index (χ0) is 34.8. The van der Waals surface area contributed by atoms with Crippen molar-refractivity contribution < 1.29 is 28.8 Å². The number of oxime groups is 1. The first-order valence-corrected chi connectivity index (χ1v) is 17.8. The zero-order valence-corrected chi connectivity index (χ0v) is 29.5. The van der Waals surface area contributed by atoms with Gasteiger partial charge < -0.3 is 25.7 Å². The maximum Gasteiger partial charge on any atom is 0.289 e. The molecule has 3 heterocycles. The summed E-state index contributed by atoms with van der Waals surface area (Å²) in [5.74, 6) is -2.32. The summed E-state index contributed by atoms with van der Waals surface area (Å²) in [6, 6.07) is -3.04. The van der Waals surface area contributed by atoms with Gasteiger partial charge in [-0.3, -0.25) is 28.7 Å². The molecule has 2 saturated carbocycles. The van der Waals surface area contributed by atoms with Crippen molar-refractivity contribution in [2.75, 3.05) is 6.54 Å². The highest BCUT2D eigenvalue weighted by Gasteiger charge is 2.56. The molecule has 2 aliphatic heterocycles. The first-order valence-electron chi connectivity index (χ1n) is 17.4. The van der Waals surface area contributed by atoms with Gasteiger partial charge in [0.1, 0.15) is 23.5 Å². The van der Waals surface area contributed by atoms with Gasteiger partial charge in [-0.15, -0.1) is 0 Å². The number of rotatable bonds is 12. The van der Waals surface area contributed by atoms with E-state index in [2.05, 4.69) is 26.2 Å². The first-order chi connectivity index (χ1) is 22.7. The molecule has 48 heavy (non-hydrogen) atoms. The number of hydrogen-bond donors (Lipinski definition) is 3. The van der Waals surface area contributed by atoms with Gasteiger partial charge in [0.05, 0.1) is 17.6 Å². The van der Waals surface area contributed by atoms with Crippen LogP contribution in [0.1, 0.15) is 110 Å². The van der Waals surface area contributed by atoms with Crippen LogP contribution in [0.2, 0.25) is 5.02 Å². The van der Waals surface area contributed by atoms with E-state index in [1.165, 1.54) is 11.3 Å². The molecule has 3 N–H and O–H groups in total. The van der Waals surface area contributed by atoms with E-state index in [9.17, 15) is 24.0 Å². The molecule has 5 rings (SSSR count). The maximum absolute atomic E-state index is 14.5. The lowest BCUT2D eigenvalue weighted by Gasteiger charge is -2.36. The van der Waals surface area contributed by atoms with E-state index in [1.807, 2.05) is 27.7 Å². The lowest BCUT2D eigenvalue weighted by Crippen LogP contribution is -2.59. The molecule has 1 aromatic rings. The molecular weight excluding hydrogens is 638 g/mol. The van der Waals surface area contributed by atoms with Crippen LogP contribution in [0.15, 0.2) is 11.4 Å². The summed E-state index contributed by atoms with van der Waals surface area (Å²) in [7, 11) is 1.74. The quantitative estimate of drug-likeness (QED) is 0.284. The topological polar surface area (TPSA) is 164 Å². The number of Topliss-reactive ketones (excluding diaryl/α,β-unsaturated/α-hetero) is 1. The summed E-state index contributed by atoms with van der Waals surface area (Å²) in [5, 5.41) is 17.6. The van der Waals surface area contributed by atoms with Crippen LogP contribution in [-0.2, 0) is 35.9 Å². The fourth-order valence-corrected chi connectivity index (χ4v) is 7.36. The fourth-order valence-electron chi connectivity index (χ4n) is 7.07. The van der Waals surface area contributed by atoms with Crippen molar-refractivity contribution in [1.29, 1.82) is 0 Å². The largest absolute Gasteiger partial charge is 0.386 e. The van der Waals surface area contributed by atoms with Crippen molar-refractivity contribution in [1.82, 2.24) is 30.6 Å². The SMILES string of the molecule is CCC[C@H](NC(=O)[C@@H]1C[C@]2(CC(c3nn(C)cc3Cl)=NO2)CN1C(=O)[C@@H](NC(=O)CC1CCCCC1)C(C)(C)C)C(=O)C(=O)NC1CC1. The molecule has 1 saturated heterocycles. The van der Waals surface area contributed by atoms with Gasteiger partial charge in [-0.05, 0) is 43.4 Å². The standard InChI is InChI=1S/C34H50ClN7O6/c1-6-10-23(28(44)31(46)36-21-13-14-21)37-30(45)25-17-34(16-24(40-48-34)27-22(35)18-41(5)39-27)19-42(25)32(47)29(33(2,3)4)38-26(43)15-20-11-8-7-9-12-20/h18,20-21,23,25,29H,6-17,19H2,1-5H3,(H,36,46)(H,37,45)(H,38,43)/t23-,25-,29+,34+/m0/s1. The molecule has 14 heteroatoms. The Bertz CT molecular complexity index is 1440. The molecule has 0 unspecified atom stereocenters. The number of likely N-dealkylation sites (tertiary alicyclic amines) is 1. The minimum absolute atomic E-state index is 0.00814. The Labute approximate surface area is 287 Å². The smallest absolute Gasteiger partial charge is 0.289 e. The summed E-state index contributed by atoms with van der Waals surface area (Å²) in [6.45, 7) is 7.51. The predicted octanol–water partition coefficient (Wildman–Crippen LogP) is 3.17. The summed E-state index contributed by atoms with van der Waals surface area (Å²) in [6.07, 6.45) is 10.2. The number of aromatic nitrogens is 2. The highest BCUT2D eigenvalue weighted by Crippen LogP contribution is 2.40. The molecule has 1 spiro atoms. The average molecular weight is 688 g/mol. The normalized spacial score (nSPS) is 24.1. The minimum Gasteiger partial charge on any atom is -0.386 e. The fraction of sp³-hybridized carbons (Fsp3) is 0.735. The monoisotopic (exact) mass is 687 g/mol. The molecule has 1 aromatic heterocycles. The Balaban J connectivity index is 1.38. The van der Waals surface area contributed by atoms with E-state index in [0.29, 0.717) is 29.3 Å². The van der Waals surface area contributed by atoms with Crippen LogP contribution < -0.4 is 16.0 Å². The summed E-state index contributed by atoms with van der Waals surface area (Å²) >= 11 is 6.41. The van der Waals surface area contributed by atoms with Gasteiger partial charge >= 0.3 is 0 Å². The molecule has 4 amide bonds. The van der Waals surface area contributed by atoms with Gasteiger partial charge in [-0.2, -0.15) is 5.10 Å². The van der Waals surface area contributed by atoms with Gasteiger partial charge in [0.25, 0.3) is 5.91 Å². The Morgan fingerprint density at radius 3 is 2.40 bits per heavy atom. The van der Waals surface area contributed by atoms with Gasteiger partial charge in [-0.25, -0.2) is 0 Å². The Morgan fingerprint density at radius 2 is 1.79 bits per heavy atom. The van der Waals surface area contributed by atoms with Crippen LogP contribution in [-0.4, -0.2) is 86.1 Å². The number of aryl methyl sites for hydroxylation is 1. The first kappa shape index (κ1) is 35.8. The molecule has 4 atom stereocenters. The van der Waals surface area contributed by atoms with Crippen molar-refractivity contribution in [3.05, 3.63) is 16.9 Å². The molecule has 264 valence electrons. The summed E-state index contributed by atoms with van der Waals surface area (Å²) in [4.78, 5) is 75.2. The van der Waals surface area contributed by atoms with Crippen molar-refractivity contribution in [2.45, 2.75) is 135 Å². The van der Waals surface area contributed by atoms with Crippen LogP contribution in [0.4, 0.5) is 0 Å². The van der Waals surface area contributed by atoms with Crippen LogP contribution in [0.5, 0.6) is 0 Å². The number of hydrogen-bond acceptors (Lipinski definition) is 8. The molecule has 0 bridgehead atoms. The molecule has 0 radical (unpaired) electrons. The second-order valence-corrected chi connectivity index (χ2v) is 15.6. The van der Waals surface area contributed by atoms with Crippen molar-refractivity contribution in [3.8, 4) is 0 Å². The number of halogens is 1. The third-order valence-corrected chi connectivity index (χ3v) is 10.1. The third-order valence-electron chi connectivity index (χ3n) is 9.85. The van der Waals surface area contributed by atoms with Crippen molar-refractivity contribution in [3.63, 3.8) is 0 Å². The molecule has 3 fully saturated rings. The lowest BCUT2D eigenvalue weighted by molar-refractivity contribution is -0.145. The van der Waals surface area contributed by atoms with Crippen molar-refractivity contribution >= 4 is 46.7 Å². The number of nitrogens with one attached hydrogen (secondary N) is 3. The summed E-state index contributed by atoms with van der Waals surface area (Å²) < 4.78 is 1.57. The van der Waals surface area contributed by atoms with Crippen LogP contribution in [0, 0.1) is 11.3 Å². The minimum atomic E-state index is -1.06. The van der Waals surface area contributed by atoms with E-state index in [-0.39, 0.29) is 43.7 Å². The highest BCUT2D eigenvalue weighted by molar-refractivity contribution is 6.38. The number of carbonyl (C=O) groups excluding carboxylic acids is 5. The number of ketones is 1. The Hall–Kier alpha value is -3.48. The molecular formula is C34H50ClN7O6.